The first-order chi connectivity index (χ1) is 8.75. The van der Waals surface area contributed by atoms with Gasteiger partial charge in [-0.05, 0) is 30.9 Å². The van der Waals surface area contributed by atoms with Gasteiger partial charge in [-0.1, -0.05) is 38.0 Å². The molecule has 0 saturated heterocycles. The second-order valence-electron chi connectivity index (χ2n) is 5.04. The number of carbonyl (C=O) groups excluding carboxylic acids is 1. The highest BCUT2D eigenvalue weighted by Gasteiger charge is 2.22. The quantitative estimate of drug-likeness (QED) is 0.843. The maximum atomic E-state index is 11.9. The third-order valence-electron chi connectivity index (χ3n) is 3.57. The molecule has 1 fully saturated rings. The summed E-state index contributed by atoms with van der Waals surface area (Å²) in [5.74, 6) is 1.32. The molecule has 2 atom stereocenters. The van der Waals surface area contributed by atoms with Crippen LogP contribution in [0.5, 0.6) is 0 Å². The van der Waals surface area contributed by atoms with Crippen LogP contribution in [0.1, 0.15) is 32.6 Å². The van der Waals surface area contributed by atoms with Gasteiger partial charge in [0.25, 0.3) is 0 Å². The van der Waals surface area contributed by atoms with Gasteiger partial charge in [-0.25, -0.2) is 0 Å². The van der Waals surface area contributed by atoms with E-state index in [0.717, 1.165) is 11.3 Å². The Bertz CT molecular complexity index is 379. The molecule has 0 aromatic heterocycles. The van der Waals surface area contributed by atoms with E-state index >= 15 is 0 Å². The van der Waals surface area contributed by atoms with E-state index < -0.39 is 0 Å². The zero-order valence-electron chi connectivity index (χ0n) is 10.9. The summed E-state index contributed by atoms with van der Waals surface area (Å²) in [4.78, 5) is 13.1. The van der Waals surface area contributed by atoms with E-state index in [1.54, 1.807) is 11.8 Å². The Kier molecular flexibility index (Phi) is 5.12. The monoisotopic (exact) mass is 263 g/mol. The van der Waals surface area contributed by atoms with Crippen LogP contribution in [0.4, 0.5) is 0 Å². The molecule has 1 amide bonds. The molecular weight excluding hydrogens is 242 g/mol. The van der Waals surface area contributed by atoms with Crippen molar-refractivity contribution in [2.45, 2.75) is 43.5 Å². The number of hydrogen-bond donors (Lipinski definition) is 1. The molecule has 2 rings (SSSR count). The minimum absolute atomic E-state index is 0.169. The van der Waals surface area contributed by atoms with Gasteiger partial charge in [0.1, 0.15) is 0 Å². The largest absolute Gasteiger partial charge is 0.352 e. The molecule has 1 aliphatic rings. The lowest BCUT2D eigenvalue weighted by Gasteiger charge is -2.29. The lowest BCUT2D eigenvalue weighted by Crippen LogP contribution is -2.41. The van der Waals surface area contributed by atoms with Crippen LogP contribution in [0.25, 0.3) is 0 Å². The maximum Gasteiger partial charge on any atom is 0.230 e. The van der Waals surface area contributed by atoms with Gasteiger partial charge in [0, 0.05) is 10.9 Å². The average molecular weight is 263 g/mol. The molecule has 0 radical (unpaired) electrons. The molecule has 1 N–H and O–H groups in total. The summed E-state index contributed by atoms with van der Waals surface area (Å²) in [6.07, 6.45) is 4.95. The number of hydrogen-bond acceptors (Lipinski definition) is 2. The van der Waals surface area contributed by atoms with Crippen molar-refractivity contribution in [2.24, 2.45) is 5.92 Å². The molecule has 2 nitrogen and oxygen atoms in total. The zero-order valence-corrected chi connectivity index (χ0v) is 11.7. The van der Waals surface area contributed by atoms with Crippen molar-refractivity contribution >= 4 is 17.7 Å². The molecule has 0 aliphatic heterocycles. The first-order valence-electron chi connectivity index (χ1n) is 6.73. The second kappa shape index (κ2) is 6.83. The van der Waals surface area contributed by atoms with Gasteiger partial charge in [0.05, 0.1) is 5.75 Å². The van der Waals surface area contributed by atoms with Crippen molar-refractivity contribution in [3.05, 3.63) is 30.3 Å². The molecule has 98 valence electrons. The van der Waals surface area contributed by atoms with Crippen LogP contribution in [-0.2, 0) is 4.79 Å². The van der Waals surface area contributed by atoms with E-state index in [2.05, 4.69) is 12.2 Å². The summed E-state index contributed by atoms with van der Waals surface area (Å²) in [6, 6.07) is 10.5. The fourth-order valence-corrected chi connectivity index (χ4v) is 3.18. The first-order valence-corrected chi connectivity index (χ1v) is 7.71. The van der Waals surface area contributed by atoms with Crippen LogP contribution in [0.15, 0.2) is 35.2 Å². The van der Waals surface area contributed by atoms with Crippen LogP contribution >= 0.6 is 11.8 Å². The van der Waals surface area contributed by atoms with Gasteiger partial charge in [0.15, 0.2) is 0 Å². The standard InChI is InChI=1S/C15H21NOS/c1-12-7-5-6-10-14(12)16-15(17)11-18-13-8-3-2-4-9-13/h2-4,8-9,12,14H,5-7,10-11H2,1H3,(H,16,17)/t12-,14-/m0/s1. The summed E-state index contributed by atoms with van der Waals surface area (Å²) in [5, 5.41) is 3.18. The molecule has 18 heavy (non-hydrogen) atoms. The van der Waals surface area contributed by atoms with Crippen molar-refractivity contribution in [1.29, 1.82) is 0 Å². The van der Waals surface area contributed by atoms with E-state index in [0.29, 0.717) is 17.7 Å². The van der Waals surface area contributed by atoms with Crippen LogP contribution in [0, 0.1) is 5.92 Å². The molecular formula is C15H21NOS. The zero-order chi connectivity index (χ0) is 12.8. The van der Waals surface area contributed by atoms with Crippen molar-refractivity contribution < 1.29 is 4.79 Å². The fraction of sp³-hybridized carbons (Fsp3) is 0.533. The van der Waals surface area contributed by atoms with Crippen molar-refractivity contribution in [1.82, 2.24) is 5.32 Å². The Morgan fingerprint density at radius 3 is 2.72 bits per heavy atom. The molecule has 1 aliphatic carbocycles. The summed E-state index contributed by atoms with van der Waals surface area (Å²) in [7, 11) is 0. The van der Waals surface area contributed by atoms with Gasteiger partial charge in [-0.3, -0.25) is 4.79 Å². The third kappa shape index (κ3) is 4.05. The fourth-order valence-electron chi connectivity index (χ4n) is 2.44. The van der Waals surface area contributed by atoms with Crippen molar-refractivity contribution in [2.75, 3.05) is 5.75 Å². The SMILES string of the molecule is C[C@H]1CCCC[C@@H]1NC(=O)CSc1ccccc1. The Labute approximate surface area is 114 Å². The predicted octanol–water partition coefficient (Wildman–Crippen LogP) is 3.47. The first kappa shape index (κ1) is 13.5. The second-order valence-corrected chi connectivity index (χ2v) is 6.09. The lowest BCUT2D eigenvalue weighted by atomic mass is 9.86. The summed E-state index contributed by atoms with van der Waals surface area (Å²) >= 11 is 1.61. The molecule has 0 heterocycles. The van der Waals surface area contributed by atoms with E-state index in [-0.39, 0.29) is 5.91 Å². The molecule has 1 saturated carbocycles. The predicted molar refractivity (Wildman–Crippen MR) is 76.7 cm³/mol. The van der Waals surface area contributed by atoms with E-state index in [1.165, 1.54) is 19.3 Å². The van der Waals surface area contributed by atoms with Crippen LogP contribution in [-0.4, -0.2) is 17.7 Å². The Balaban J connectivity index is 1.75. The van der Waals surface area contributed by atoms with Gasteiger partial charge >= 0.3 is 0 Å². The molecule has 1 aromatic rings. The highest BCUT2D eigenvalue weighted by molar-refractivity contribution is 8.00. The molecule has 3 heteroatoms. The topological polar surface area (TPSA) is 29.1 Å². The molecule has 0 unspecified atom stereocenters. The Morgan fingerprint density at radius 2 is 2.00 bits per heavy atom. The summed E-state index contributed by atoms with van der Waals surface area (Å²) < 4.78 is 0. The van der Waals surface area contributed by atoms with Crippen LogP contribution in [0.2, 0.25) is 0 Å². The third-order valence-corrected chi connectivity index (χ3v) is 4.58. The average Bonchev–Trinajstić information content (AvgIpc) is 2.40. The van der Waals surface area contributed by atoms with Crippen LogP contribution < -0.4 is 5.32 Å². The number of amides is 1. The number of rotatable bonds is 4. The van der Waals surface area contributed by atoms with E-state index in [4.69, 9.17) is 0 Å². The Morgan fingerprint density at radius 1 is 1.28 bits per heavy atom. The lowest BCUT2D eigenvalue weighted by molar-refractivity contribution is -0.119. The highest BCUT2D eigenvalue weighted by atomic mass is 32.2. The van der Waals surface area contributed by atoms with E-state index in [9.17, 15) is 4.79 Å². The summed E-state index contributed by atoms with van der Waals surface area (Å²) in [5.41, 5.74) is 0. The summed E-state index contributed by atoms with van der Waals surface area (Å²) in [6.45, 7) is 2.24. The van der Waals surface area contributed by atoms with Gasteiger partial charge in [0.2, 0.25) is 5.91 Å². The van der Waals surface area contributed by atoms with E-state index in [1.807, 2.05) is 30.3 Å². The smallest absolute Gasteiger partial charge is 0.230 e. The number of carbonyl (C=O) groups is 1. The number of nitrogens with one attached hydrogen (secondary N) is 1. The minimum Gasteiger partial charge on any atom is -0.352 e. The van der Waals surface area contributed by atoms with Gasteiger partial charge in [-0.15, -0.1) is 11.8 Å². The molecule has 0 bridgehead atoms. The van der Waals surface area contributed by atoms with Crippen molar-refractivity contribution in [3.8, 4) is 0 Å². The van der Waals surface area contributed by atoms with Gasteiger partial charge in [-0.2, -0.15) is 0 Å². The normalized spacial score (nSPS) is 23.6. The minimum atomic E-state index is 0.169. The maximum absolute atomic E-state index is 11.9. The highest BCUT2D eigenvalue weighted by Crippen LogP contribution is 2.24. The van der Waals surface area contributed by atoms with Crippen molar-refractivity contribution in [3.63, 3.8) is 0 Å². The Hall–Kier alpha value is -0.960. The molecule has 0 spiro atoms. The van der Waals surface area contributed by atoms with Crippen LogP contribution in [0.3, 0.4) is 0 Å². The number of thioether (sulfide) groups is 1. The number of benzene rings is 1. The molecule has 1 aromatic carbocycles. The van der Waals surface area contributed by atoms with Gasteiger partial charge < -0.3 is 5.32 Å².